The van der Waals surface area contributed by atoms with E-state index in [1.165, 1.54) is 37.3 Å². The summed E-state index contributed by atoms with van der Waals surface area (Å²) in [7, 11) is -3.99. The summed E-state index contributed by atoms with van der Waals surface area (Å²) in [5.74, 6) is 0.0451. The van der Waals surface area contributed by atoms with Gasteiger partial charge in [-0.05, 0) is 39.0 Å². The van der Waals surface area contributed by atoms with Crippen molar-refractivity contribution in [2.45, 2.75) is 25.7 Å². The van der Waals surface area contributed by atoms with Crippen LogP contribution in [-0.2, 0) is 10.0 Å². The number of ketones is 1. The highest BCUT2D eigenvalue weighted by molar-refractivity contribution is 7.89. The van der Waals surface area contributed by atoms with E-state index in [9.17, 15) is 18.0 Å². The summed E-state index contributed by atoms with van der Waals surface area (Å²) in [4.78, 5) is 25.2. The van der Waals surface area contributed by atoms with E-state index >= 15 is 0 Å². The third kappa shape index (κ3) is 3.85. The first-order valence-corrected chi connectivity index (χ1v) is 8.19. The molecule has 2 aromatic rings. The number of carbonyl (C=O) groups excluding carboxylic acids is 2. The van der Waals surface area contributed by atoms with Crippen molar-refractivity contribution in [1.29, 1.82) is 0 Å². The Kier molecular flexibility index (Phi) is 4.67. The first-order valence-electron chi connectivity index (χ1n) is 6.71. The van der Waals surface area contributed by atoms with E-state index in [0.29, 0.717) is 11.5 Å². The van der Waals surface area contributed by atoms with Gasteiger partial charge in [0.2, 0.25) is 0 Å². The molecule has 0 aliphatic rings. The van der Waals surface area contributed by atoms with Gasteiger partial charge in [0.05, 0.1) is 10.5 Å². The molecule has 1 amide bonds. The molecule has 0 spiro atoms. The average Bonchev–Trinajstić information content (AvgIpc) is 2.84. The minimum Gasteiger partial charge on any atom is -0.466 e. The van der Waals surface area contributed by atoms with Gasteiger partial charge in [-0.3, -0.25) is 15.0 Å². The Hall–Kier alpha value is -2.45. The van der Waals surface area contributed by atoms with E-state index in [4.69, 9.17) is 4.42 Å². The lowest BCUT2D eigenvalue weighted by Gasteiger charge is -2.08. The van der Waals surface area contributed by atoms with Crippen LogP contribution in [0.15, 0.2) is 39.6 Å². The number of nitrogens with one attached hydrogen (secondary N) is 2. The first-order chi connectivity index (χ1) is 10.7. The van der Waals surface area contributed by atoms with Gasteiger partial charge in [-0.2, -0.15) is 0 Å². The second kappa shape index (κ2) is 6.35. The van der Waals surface area contributed by atoms with Crippen LogP contribution in [-0.4, -0.2) is 20.1 Å². The summed E-state index contributed by atoms with van der Waals surface area (Å²) in [6.45, 7) is 4.62. The molecule has 2 rings (SSSR count). The zero-order valence-corrected chi connectivity index (χ0v) is 13.7. The molecule has 2 N–H and O–H groups in total. The highest BCUT2D eigenvalue weighted by Gasteiger charge is 2.19. The summed E-state index contributed by atoms with van der Waals surface area (Å²) in [5, 5.41) is 0. The minimum atomic E-state index is -3.99. The summed E-state index contributed by atoms with van der Waals surface area (Å²) in [5.41, 5.74) is 2.62. The third-order valence-corrected chi connectivity index (χ3v) is 4.38. The minimum absolute atomic E-state index is 0.120. The van der Waals surface area contributed by atoms with Crippen molar-refractivity contribution in [1.82, 2.24) is 10.3 Å². The SMILES string of the molecule is CC(=O)c1cccc(S(=O)(=O)NNC(=O)c2cc(C)oc2C)c1. The van der Waals surface area contributed by atoms with Crippen LogP contribution < -0.4 is 10.3 Å². The van der Waals surface area contributed by atoms with Crippen LogP contribution in [0, 0.1) is 13.8 Å². The predicted molar refractivity (Wildman–Crippen MR) is 82.4 cm³/mol. The predicted octanol–water partition coefficient (Wildman–Crippen LogP) is 1.72. The average molecular weight is 336 g/mol. The molecule has 7 nitrogen and oxygen atoms in total. The van der Waals surface area contributed by atoms with E-state index in [0.717, 1.165) is 0 Å². The van der Waals surface area contributed by atoms with Crippen LogP contribution >= 0.6 is 0 Å². The molecular formula is C15H16N2O5S. The number of hydrazine groups is 1. The highest BCUT2D eigenvalue weighted by atomic mass is 32.2. The van der Waals surface area contributed by atoms with Crippen LogP contribution in [0.5, 0.6) is 0 Å². The van der Waals surface area contributed by atoms with Crippen LogP contribution in [0.2, 0.25) is 0 Å². The molecule has 8 heteroatoms. The van der Waals surface area contributed by atoms with Gasteiger partial charge < -0.3 is 4.42 Å². The molecule has 0 radical (unpaired) electrons. The number of carbonyl (C=O) groups is 2. The number of benzene rings is 1. The molecule has 0 unspecified atom stereocenters. The monoisotopic (exact) mass is 336 g/mol. The lowest BCUT2D eigenvalue weighted by Crippen LogP contribution is -2.41. The van der Waals surface area contributed by atoms with E-state index in [1.54, 1.807) is 13.8 Å². The van der Waals surface area contributed by atoms with Gasteiger partial charge in [0, 0.05) is 5.56 Å². The maximum atomic E-state index is 12.2. The number of aryl methyl sites for hydroxylation is 2. The molecule has 0 aliphatic carbocycles. The van der Waals surface area contributed by atoms with Gasteiger partial charge in [0.25, 0.3) is 15.9 Å². The van der Waals surface area contributed by atoms with Crippen LogP contribution in [0.1, 0.15) is 39.2 Å². The zero-order chi connectivity index (χ0) is 17.2. The number of amides is 1. The Labute approximate surface area is 133 Å². The Morgan fingerprint density at radius 2 is 1.83 bits per heavy atom. The molecule has 1 heterocycles. The summed E-state index contributed by atoms with van der Waals surface area (Å²) in [6.07, 6.45) is 0. The zero-order valence-electron chi connectivity index (χ0n) is 12.8. The van der Waals surface area contributed by atoms with Crippen LogP contribution in [0.4, 0.5) is 0 Å². The molecule has 0 bridgehead atoms. The lowest BCUT2D eigenvalue weighted by atomic mass is 10.2. The molecule has 0 atom stereocenters. The summed E-state index contributed by atoms with van der Waals surface area (Å²) in [6, 6.07) is 7.04. The van der Waals surface area contributed by atoms with Crippen molar-refractivity contribution in [3.63, 3.8) is 0 Å². The highest BCUT2D eigenvalue weighted by Crippen LogP contribution is 2.14. The van der Waals surface area contributed by atoms with Crippen molar-refractivity contribution in [2.24, 2.45) is 0 Å². The largest absolute Gasteiger partial charge is 0.466 e. The van der Waals surface area contributed by atoms with Gasteiger partial charge in [-0.15, -0.1) is 4.83 Å². The molecule has 0 saturated heterocycles. The summed E-state index contributed by atoms with van der Waals surface area (Å²) < 4.78 is 29.6. The maximum Gasteiger partial charge on any atom is 0.269 e. The molecule has 1 aromatic carbocycles. The quantitative estimate of drug-likeness (QED) is 0.639. The van der Waals surface area contributed by atoms with E-state index in [2.05, 4.69) is 5.43 Å². The van der Waals surface area contributed by atoms with Crippen LogP contribution in [0.25, 0.3) is 0 Å². The Morgan fingerprint density at radius 3 is 2.39 bits per heavy atom. The smallest absolute Gasteiger partial charge is 0.269 e. The molecule has 1 aromatic heterocycles. The van der Waals surface area contributed by atoms with Gasteiger partial charge in [0.1, 0.15) is 11.5 Å². The van der Waals surface area contributed by atoms with Crippen molar-refractivity contribution in [2.75, 3.05) is 0 Å². The van der Waals surface area contributed by atoms with Gasteiger partial charge in [-0.1, -0.05) is 12.1 Å². The van der Waals surface area contributed by atoms with Crippen molar-refractivity contribution < 1.29 is 22.4 Å². The molecule has 0 aliphatic heterocycles. The van der Waals surface area contributed by atoms with Crippen molar-refractivity contribution in [3.8, 4) is 0 Å². The number of sulfonamides is 1. The standard InChI is InChI=1S/C15H16N2O5S/c1-9-7-14(11(3)22-9)15(19)16-17-23(20,21)13-6-4-5-12(8-13)10(2)18/h4-8,17H,1-3H3,(H,16,19). The molecular weight excluding hydrogens is 320 g/mol. The number of hydrogen-bond donors (Lipinski definition) is 2. The fourth-order valence-electron chi connectivity index (χ4n) is 1.98. The Morgan fingerprint density at radius 1 is 1.13 bits per heavy atom. The van der Waals surface area contributed by atoms with Gasteiger partial charge in [-0.25, -0.2) is 8.42 Å². The Balaban J connectivity index is 2.16. The normalized spacial score (nSPS) is 11.3. The first kappa shape index (κ1) is 16.9. The van der Waals surface area contributed by atoms with Crippen LogP contribution in [0.3, 0.4) is 0 Å². The number of rotatable bonds is 5. The number of hydrogen-bond acceptors (Lipinski definition) is 5. The van der Waals surface area contributed by atoms with Crippen molar-refractivity contribution >= 4 is 21.7 Å². The Bertz CT molecular complexity index is 868. The van der Waals surface area contributed by atoms with E-state index in [-0.39, 0.29) is 21.8 Å². The number of furan rings is 1. The van der Waals surface area contributed by atoms with Gasteiger partial charge in [0.15, 0.2) is 5.78 Å². The summed E-state index contributed by atoms with van der Waals surface area (Å²) >= 11 is 0. The number of Topliss-reactive ketones (excluding diaryl/α,β-unsaturated/α-hetero) is 1. The second-order valence-corrected chi connectivity index (χ2v) is 6.65. The maximum absolute atomic E-state index is 12.2. The molecule has 0 saturated carbocycles. The fourth-order valence-corrected chi connectivity index (χ4v) is 2.86. The van der Waals surface area contributed by atoms with E-state index in [1.807, 2.05) is 4.83 Å². The fraction of sp³-hybridized carbons (Fsp3) is 0.200. The van der Waals surface area contributed by atoms with Gasteiger partial charge >= 0.3 is 0 Å². The van der Waals surface area contributed by atoms with E-state index < -0.39 is 15.9 Å². The topological polar surface area (TPSA) is 105 Å². The molecule has 122 valence electrons. The molecule has 23 heavy (non-hydrogen) atoms. The molecule has 0 fully saturated rings. The third-order valence-electron chi connectivity index (χ3n) is 3.14. The van der Waals surface area contributed by atoms with Crippen molar-refractivity contribution in [3.05, 3.63) is 53.0 Å². The lowest BCUT2D eigenvalue weighted by molar-refractivity contribution is 0.0942. The second-order valence-electron chi connectivity index (χ2n) is 4.97.